The molecule has 1 amide bonds. The lowest BCUT2D eigenvalue weighted by atomic mass is 10.0. The van der Waals surface area contributed by atoms with Gasteiger partial charge in [0.2, 0.25) is 11.8 Å². The molecule has 0 aliphatic carbocycles. The van der Waals surface area contributed by atoms with Crippen molar-refractivity contribution in [3.05, 3.63) is 78.5 Å². The van der Waals surface area contributed by atoms with Gasteiger partial charge in [-0.3, -0.25) is 9.69 Å². The van der Waals surface area contributed by atoms with Crippen molar-refractivity contribution in [2.24, 2.45) is 11.7 Å². The third-order valence-electron chi connectivity index (χ3n) is 5.25. The van der Waals surface area contributed by atoms with Gasteiger partial charge >= 0.3 is 0 Å². The van der Waals surface area contributed by atoms with E-state index in [0.717, 1.165) is 30.8 Å². The molecule has 1 saturated heterocycles. The van der Waals surface area contributed by atoms with E-state index in [9.17, 15) is 4.79 Å². The number of nitrogens with two attached hydrogens (primary N) is 1. The van der Waals surface area contributed by atoms with Crippen molar-refractivity contribution >= 4 is 16.7 Å². The van der Waals surface area contributed by atoms with Gasteiger partial charge in [0.15, 0.2) is 0 Å². The van der Waals surface area contributed by atoms with Crippen LogP contribution in [0.4, 0.5) is 0 Å². The van der Waals surface area contributed by atoms with E-state index in [-0.39, 0.29) is 0 Å². The van der Waals surface area contributed by atoms with Crippen LogP contribution in [0.1, 0.15) is 22.3 Å². The average molecular weight is 373 g/mol. The maximum Gasteiger partial charge on any atom is 0.250 e. The molecule has 28 heavy (non-hydrogen) atoms. The molecular formula is C23H23N3O2. The molecule has 142 valence electrons. The SMILES string of the molecule is C=C[C@@H]1CCN(Cc2ccc(Oc3ccc(C(N)=O)cn3)c3ccccc23)C1. The van der Waals surface area contributed by atoms with Crippen LogP contribution >= 0.6 is 0 Å². The van der Waals surface area contributed by atoms with Gasteiger partial charge in [-0.15, -0.1) is 6.58 Å². The summed E-state index contributed by atoms with van der Waals surface area (Å²) in [6, 6.07) is 15.6. The number of hydrogen-bond acceptors (Lipinski definition) is 4. The summed E-state index contributed by atoms with van der Waals surface area (Å²) in [6.07, 6.45) is 4.67. The summed E-state index contributed by atoms with van der Waals surface area (Å²) in [5.74, 6) is 1.25. The Hall–Kier alpha value is -3.18. The van der Waals surface area contributed by atoms with Crippen LogP contribution in [-0.4, -0.2) is 28.9 Å². The van der Waals surface area contributed by atoms with Crippen molar-refractivity contribution in [3.8, 4) is 11.6 Å². The zero-order valence-electron chi connectivity index (χ0n) is 15.7. The van der Waals surface area contributed by atoms with Gasteiger partial charge in [-0.05, 0) is 42.0 Å². The van der Waals surface area contributed by atoms with Gasteiger partial charge in [0.05, 0.1) is 5.56 Å². The van der Waals surface area contributed by atoms with Crippen molar-refractivity contribution in [2.45, 2.75) is 13.0 Å². The Morgan fingerprint density at radius 1 is 1.21 bits per heavy atom. The maximum absolute atomic E-state index is 11.2. The number of amides is 1. The lowest BCUT2D eigenvalue weighted by Crippen LogP contribution is -2.19. The quantitative estimate of drug-likeness (QED) is 0.660. The highest BCUT2D eigenvalue weighted by atomic mass is 16.5. The standard InChI is InChI=1S/C23H23N3O2/c1-2-16-11-12-26(14-16)15-18-7-9-21(20-6-4-3-5-19(18)20)28-22-10-8-17(13-25-22)23(24)27/h2-10,13,16H,1,11-12,14-15H2,(H2,24,27)/t16-/m1/s1. The van der Waals surface area contributed by atoms with E-state index >= 15 is 0 Å². The largest absolute Gasteiger partial charge is 0.438 e. The zero-order valence-corrected chi connectivity index (χ0v) is 15.7. The van der Waals surface area contributed by atoms with Crippen molar-refractivity contribution < 1.29 is 9.53 Å². The zero-order chi connectivity index (χ0) is 19.5. The molecule has 2 aromatic carbocycles. The van der Waals surface area contributed by atoms with Crippen molar-refractivity contribution in [1.82, 2.24) is 9.88 Å². The lowest BCUT2D eigenvalue weighted by Gasteiger charge is -2.18. The molecule has 0 saturated carbocycles. The van der Waals surface area contributed by atoms with E-state index in [2.05, 4.69) is 40.7 Å². The highest BCUT2D eigenvalue weighted by molar-refractivity contribution is 5.92. The Kier molecular flexibility index (Phi) is 5.08. The molecule has 5 heteroatoms. The highest BCUT2D eigenvalue weighted by Gasteiger charge is 2.20. The fourth-order valence-corrected chi connectivity index (χ4v) is 3.70. The van der Waals surface area contributed by atoms with Crippen molar-refractivity contribution in [1.29, 1.82) is 0 Å². The second-order valence-corrected chi connectivity index (χ2v) is 7.14. The molecule has 2 N–H and O–H groups in total. The van der Waals surface area contributed by atoms with Crippen LogP contribution in [0.5, 0.6) is 11.6 Å². The Morgan fingerprint density at radius 3 is 2.71 bits per heavy atom. The number of fused-ring (bicyclic) bond motifs is 1. The van der Waals surface area contributed by atoms with Gasteiger partial charge < -0.3 is 10.5 Å². The number of ether oxygens (including phenoxy) is 1. The third kappa shape index (κ3) is 3.75. The molecule has 0 spiro atoms. The number of hydrogen-bond donors (Lipinski definition) is 1. The monoisotopic (exact) mass is 373 g/mol. The first-order valence-corrected chi connectivity index (χ1v) is 9.43. The third-order valence-corrected chi connectivity index (χ3v) is 5.25. The number of benzene rings is 2. The number of carbonyl (C=O) groups excluding carboxylic acids is 1. The molecule has 1 atom stereocenters. The summed E-state index contributed by atoms with van der Waals surface area (Å²) in [6.45, 7) is 7.00. The molecule has 0 unspecified atom stereocenters. The number of aromatic nitrogens is 1. The smallest absolute Gasteiger partial charge is 0.250 e. The minimum atomic E-state index is -0.505. The lowest BCUT2D eigenvalue weighted by molar-refractivity contribution is 0.1000. The topological polar surface area (TPSA) is 68.5 Å². The first-order chi connectivity index (χ1) is 13.6. The van der Waals surface area contributed by atoms with E-state index in [0.29, 0.717) is 17.4 Å². The van der Waals surface area contributed by atoms with Crippen LogP contribution in [0.25, 0.3) is 10.8 Å². The van der Waals surface area contributed by atoms with Gasteiger partial charge in [-0.1, -0.05) is 36.4 Å². The first kappa shape index (κ1) is 18.2. The molecule has 4 rings (SSSR count). The van der Waals surface area contributed by atoms with Gasteiger partial charge in [0.25, 0.3) is 0 Å². The fraction of sp³-hybridized carbons (Fsp3) is 0.217. The van der Waals surface area contributed by atoms with Crippen LogP contribution < -0.4 is 10.5 Å². The molecule has 1 aromatic heterocycles. The van der Waals surface area contributed by atoms with E-state index in [1.54, 1.807) is 12.1 Å². The summed E-state index contributed by atoms with van der Waals surface area (Å²) in [4.78, 5) is 17.9. The van der Waals surface area contributed by atoms with Gasteiger partial charge in [-0.2, -0.15) is 0 Å². The van der Waals surface area contributed by atoms with Crippen LogP contribution in [-0.2, 0) is 6.54 Å². The summed E-state index contributed by atoms with van der Waals surface area (Å²) in [5.41, 5.74) is 6.90. The van der Waals surface area contributed by atoms with Crippen LogP contribution in [0.2, 0.25) is 0 Å². The summed E-state index contributed by atoms with van der Waals surface area (Å²) < 4.78 is 6.00. The molecule has 0 bridgehead atoms. The molecule has 0 radical (unpaired) electrons. The molecule has 1 aliphatic heterocycles. The summed E-state index contributed by atoms with van der Waals surface area (Å²) in [5, 5.41) is 2.22. The van der Waals surface area contributed by atoms with E-state index < -0.39 is 5.91 Å². The van der Waals surface area contributed by atoms with Crippen molar-refractivity contribution in [3.63, 3.8) is 0 Å². The minimum Gasteiger partial charge on any atom is -0.438 e. The molecule has 1 fully saturated rings. The maximum atomic E-state index is 11.2. The molecular weight excluding hydrogens is 350 g/mol. The molecule has 5 nitrogen and oxygen atoms in total. The highest BCUT2D eigenvalue weighted by Crippen LogP contribution is 2.32. The van der Waals surface area contributed by atoms with Crippen LogP contribution in [0.15, 0.2) is 67.4 Å². The number of likely N-dealkylation sites (tertiary alicyclic amines) is 1. The van der Waals surface area contributed by atoms with E-state index in [4.69, 9.17) is 10.5 Å². The summed E-state index contributed by atoms with van der Waals surface area (Å²) >= 11 is 0. The van der Waals surface area contributed by atoms with Crippen molar-refractivity contribution in [2.75, 3.05) is 13.1 Å². The normalized spacial score (nSPS) is 16.9. The second kappa shape index (κ2) is 7.82. The Bertz CT molecular complexity index is 1010. The summed E-state index contributed by atoms with van der Waals surface area (Å²) in [7, 11) is 0. The number of primary amides is 1. The van der Waals surface area contributed by atoms with Gasteiger partial charge in [0.1, 0.15) is 5.75 Å². The van der Waals surface area contributed by atoms with E-state index in [1.165, 1.54) is 23.6 Å². The number of pyridine rings is 1. The Morgan fingerprint density at radius 2 is 2.04 bits per heavy atom. The van der Waals surface area contributed by atoms with Gasteiger partial charge in [-0.25, -0.2) is 4.98 Å². The second-order valence-electron chi connectivity index (χ2n) is 7.14. The molecule has 2 heterocycles. The molecule has 1 aliphatic rings. The Balaban J connectivity index is 1.60. The number of carbonyl (C=O) groups is 1. The fourth-order valence-electron chi connectivity index (χ4n) is 3.70. The van der Waals surface area contributed by atoms with Crippen LogP contribution in [0, 0.1) is 5.92 Å². The molecule has 3 aromatic rings. The average Bonchev–Trinajstić information content (AvgIpc) is 3.18. The minimum absolute atomic E-state index is 0.357. The predicted octanol–water partition coefficient (Wildman–Crippen LogP) is 4.13. The Labute approximate surface area is 164 Å². The number of nitrogens with zero attached hydrogens (tertiary/aromatic N) is 2. The predicted molar refractivity (Wildman–Crippen MR) is 110 cm³/mol. The van der Waals surface area contributed by atoms with Gasteiger partial charge in [0, 0.05) is 30.7 Å². The first-order valence-electron chi connectivity index (χ1n) is 9.43. The number of rotatable bonds is 6. The van der Waals surface area contributed by atoms with E-state index in [1.807, 2.05) is 18.2 Å². The van der Waals surface area contributed by atoms with Crippen LogP contribution in [0.3, 0.4) is 0 Å².